The number of aryl methyl sites for hydroxylation is 1. The number of aliphatic hydroxyl groups excluding tert-OH is 1. The molecule has 332 valence electrons. The molecular formula is C48H63N7O7. The van der Waals surface area contributed by atoms with Crippen LogP contribution in [0.3, 0.4) is 0 Å². The van der Waals surface area contributed by atoms with Gasteiger partial charge in [0.25, 0.3) is 0 Å². The summed E-state index contributed by atoms with van der Waals surface area (Å²) >= 11 is 0. The summed E-state index contributed by atoms with van der Waals surface area (Å²) in [5.41, 5.74) is 3.60. The van der Waals surface area contributed by atoms with Crippen LogP contribution in [-0.4, -0.2) is 106 Å². The van der Waals surface area contributed by atoms with Crippen LogP contribution in [0.25, 0.3) is 11.3 Å². The van der Waals surface area contributed by atoms with Crippen molar-refractivity contribution in [2.75, 3.05) is 27.3 Å². The van der Waals surface area contributed by atoms with Gasteiger partial charge in [-0.25, -0.2) is 14.6 Å². The Kier molecular flexibility index (Phi) is 15.7. The van der Waals surface area contributed by atoms with Crippen LogP contribution in [0.4, 0.5) is 9.59 Å². The summed E-state index contributed by atoms with van der Waals surface area (Å²) in [5.74, 6) is -0.354. The first kappa shape index (κ1) is 47.0. The number of nitrogens with one attached hydrogen (secondary N) is 3. The number of hydrogen-bond acceptors (Lipinski definition) is 9. The average molecular weight is 850 g/mol. The average Bonchev–Trinajstić information content (AvgIpc) is 3.56. The van der Waals surface area contributed by atoms with E-state index in [0.717, 1.165) is 33.8 Å². The number of carbonyl (C=O) groups is 4. The van der Waals surface area contributed by atoms with Gasteiger partial charge in [-0.2, -0.15) is 0 Å². The van der Waals surface area contributed by atoms with E-state index >= 15 is 0 Å². The molecule has 14 nitrogen and oxygen atoms in total. The van der Waals surface area contributed by atoms with Crippen molar-refractivity contribution in [3.05, 3.63) is 114 Å². The number of methoxy groups -OCH3 is 2. The summed E-state index contributed by atoms with van der Waals surface area (Å²) in [7, 11) is 2.79. The van der Waals surface area contributed by atoms with E-state index in [2.05, 4.69) is 25.9 Å². The second-order valence-electron chi connectivity index (χ2n) is 18.2. The van der Waals surface area contributed by atoms with Crippen LogP contribution in [0.15, 0.2) is 91.0 Å². The number of alkyl carbamates (subject to hydrolysis) is 1. The Balaban J connectivity index is 1.42. The maximum absolute atomic E-state index is 14.6. The molecule has 0 spiro atoms. The quantitative estimate of drug-likeness (QED) is 0.0981. The molecule has 4 aromatic rings. The van der Waals surface area contributed by atoms with Gasteiger partial charge in [0.05, 0.1) is 44.3 Å². The largest absolute Gasteiger partial charge is 0.481 e. The summed E-state index contributed by atoms with van der Waals surface area (Å²) in [6.45, 7) is 14.3. The molecule has 1 fully saturated rings. The summed E-state index contributed by atoms with van der Waals surface area (Å²) in [6, 6.07) is 25.0. The molecule has 5 rings (SSSR count). The molecular weight excluding hydrogens is 787 g/mol. The van der Waals surface area contributed by atoms with Crippen LogP contribution in [0, 0.1) is 17.8 Å². The van der Waals surface area contributed by atoms with Gasteiger partial charge in [0, 0.05) is 36.5 Å². The number of rotatable bonds is 17. The zero-order valence-electron chi connectivity index (χ0n) is 37.5. The highest BCUT2D eigenvalue weighted by atomic mass is 16.5. The van der Waals surface area contributed by atoms with Gasteiger partial charge in [-0.05, 0) is 66.3 Å². The maximum atomic E-state index is 14.6. The van der Waals surface area contributed by atoms with Crippen molar-refractivity contribution in [2.24, 2.45) is 10.8 Å². The van der Waals surface area contributed by atoms with Crippen LogP contribution in [0.5, 0.6) is 5.88 Å². The van der Waals surface area contributed by atoms with E-state index in [1.807, 2.05) is 133 Å². The monoisotopic (exact) mass is 849 g/mol. The zero-order valence-corrected chi connectivity index (χ0v) is 37.5. The molecule has 1 saturated heterocycles. The molecule has 0 radical (unpaired) electrons. The Morgan fingerprint density at radius 2 is 1.44 bits per heavy atom. The van der Waals surface area contributed by atoms with Gasteiger partial charge >= 0.3 is 12.1 Å². The Labute approximate surface area is 365 Å². The first-order chi connectivity index (χ1) is 29.4. The molecule has 0 unspecified atom stereocenters. The third kappa shape index (κ3) is 12.8. The van der Waals surface area contributed by atoms with Crippen molar-refractivity contribution in [2.45, 2.75) is 105 Å². The van der Waals surface area contributed by atoms with E-state index in [0.29, 0.717) is 31.9 Å². The van der Waals surface area contributed by atoms with E-state index in [9.17, 15) is 24.3 Å². The van der Waals surface area contributed by atoms with E-state index in [-0.39, 0.29) is 24.8 Å². The molecule has 1 aliphatic heterocycles. The molecule has 0 bridgehead atoms. The molecule has 62 heavy (non-hydrogen) atoms. The molecule has 5 atom stereocenters. The van der Waals surface area contributed by atoms with Crippen LogP contribution in [0.2, 0.25) is 0 Å². The molecule has 0 aliphatic carbocycles. The van der Waals surface area contributed by atoms with Gasteiger partial charge < -0.3 is 40.3 Å². The number of carbonyl (C=O) groups excluding carboxylic acids is 4. The number of ether oxygens (including phenoxy) is 2. The SMILES string of the molecule is COC(=O)N[C@H](C(=O)N[C@@H](Cc1ccc(-c2cccc(OC)n2)cc1)[C@@H](O)C[C@H](Cc1ccccc1)NC(=O)[C@@H](N1CCN(Cc2cccc(C)n2)C1=O)C(C)(C)C)C(C)(C)C. The minimum Gasteiger partial charge on any atom is -0.481 e. The fraction of sp³-hybridized carbons (Fsp3) is 0.458. The topological polar surface area (TPSA) is 175 Å². The van der Waals surface area contributed by atoms with Crippen molar-refractivity contribution in [1.29, 1.82) is 0 Å². The number of amides is 5. The lowest BCUT2D eigenvalue weighted by Gasteiger charge is -2.38. The van der Waals surface area contributed by atoms with E-state index in [1.54, 1.807) is 23.0 Å². The number of aliphatic hydroxyl groups is 1. The summed E-state index contributed by atoms with van der Waals surface area (Å²) in [4.78, 5) is 67.6. The predicted molar refractivity (Wildman–Crippen MR) is 238 cm³/mol. The third-order valence-corrected chi connectivity index (χ3v) is 11.0. The zero-order chi connectivity index (χ0) is 45.2. The predicted octanol–water partition coefficient (Wildman–Crippen LogP) is 6.09. The standard InChI is InChI=1S/C48H63N7O7/c1-31-15-13-18-35(49-31)30-54-25-26-55(46(54)60)42(48(5,6)7)44(58)50-36(27-32-16-11-10-12-17-32)29-39(56)38(52-43(57)41(47(2,3)4)53-45(59)62-9)28-33-21-23-34(24-22-33)37-19-14-20-40(51-37)61-8/h10-24,36,38-39,41-42,56H,25-30H2,1-9H3,(H,50,58)(H,52,57)(H,53,59)/t36-,38-,39-,41+,42+/m0/s1. The lowest BCUT2D eigenvalue weighted by atomic mass is 9.84. The number of urea groups is 1. The van der Waals surface area contributed by atoms with Gasteiger partial charge in [0.1, 0.15) is 12.1 Å². The Morgan fingerprint density at radius 1 is 0.758 bits per heavy atom. The van der Waals surface area contributed by atoms with Crippen molar-refractivity contribution in [1.82, 2.24) is 35.7 Å². The van der Waals surface area contributed by atoms with Crippen molar-refractivity contribution >= 4 is 23.9 Å². The molecule has 5 amide bonds. The molecule has 0 saturated carbocycles. The Morgan fingerprint density at radius 3 is 2.06 bits per heavy atom. The number of benzene rings is 2. The normalized spacial score (nSPS) is 15.5. The van der Waals surface area contributed by atoms with Crippen LogP contribution < -0.4 is 20.7 Å². The second kappa shape index (κ2) is 20.7. The first-order valence-corrected chi connectivity index (χ1v) is 21.1. The van der Waals surface area contributed by atoms with Gasteiger partial charge in [0.2, 0.25) is 17.7 Å². The van der Waals surface area contributed by atoms with Crippen LogP contribution in [0.1, 0.15) is 70.5 Å². The van der Waals surface area contributed by atoms with E-state index in [4.69, 9.17) is 9.47 Å². The summed E-state index contributed by atoms with van der Waals surface area (Å²) < 4.78 is 10.2. The van der Waals surface area contributed by atoms with Gasteiger partial charge in [0.15, 0.2) is 0 Å². The van der Waals surface area contributed by atoms with E-state index in [1.165, 1.54) is 7.11 Å². The highest BCUT2D eigenvalue weighted by molar-refractivity contribution is 5.89. The summed E-state index contributed by atoms with van der Waals surface area (Å²) in [6.07, 6.45) is -1.29. The van der Waals surface area contributed by atoms with Gasteiger partial charge in [-0.3, -0.25) is 14.6 Å². The molecule has 3 heterocycles. The van der Waals surface area contributed by atoms with Gasteiger partial charge in [-0.15, -0.1) is 0 Å². The lowest BCUT2D eigenvalue weighted by molar-refractivity contribution is -0.130. The molecule has 2 aromatic heterocycles. The Hall–Kier alpha value is -6.02. The van der Waals surface area contributed by atoms with E-state index < -0.39 is 53.1 Å². The smallest absolute Gasteiger partial charge is 0.407 e. The Bertz CT molecular complexity index is 2140. The number of pyridine rings is 2. The highest BCUT2D eigenvalue weighted by Crippen LogP contribution is 2.30. The molecule has 14 heteroatoms. The molecule has 1 aliphatic rings. The first-order valence-electron chi connectivity index (χ1n) is 21.1. The van der Waals surface area contributed by atoms with Gasteiger partial charge in [-0.1, -0.05) is 108 Å². The third-order valence-electron chi connectivity index (χ3n) is 11.0. The highest BCUT2D eigenvalue weighted by Gasteiger charge is 2.44. The summed E-state index contributed by atoms with van der Waals surface area (Å²) in [5, 5.41) is 21.2. The van der Waals surface area contributed by atoms with Crippen molar-refractivity contribution < 1.29 is 33.8 Å². The van der Waals surface area contributed by atoms with Crippen LogP contribution >= 0.6 is 0 Å². The molecule has 4 N–H and O–H groups in total. The van der Waals surface area contributed by atoms with Crippen molar-refractivity contribution in [3.8, 4) is 17.1 Å². The fourth-order valence-corrected chi connectivity index (χ4v) is 7.86. The minimum absolute atomic E-state index is 0.0535. The minimum atomic E-state index is -1.18. The lowest BCUT2D eigenvalue weighted by Crippen LogP contribution is -2.59. The second-order valence-corrected chi connectivity index (χ2v) is 18.2. The van der Waals surface area contributed by atoms with Crippen molar-refractivity contribution in [3.63, 3.8) is 0 Å². The van der Waals surface area contributed by atoms with Crippen LogP contribution in [-0.2, 0) is 33.7 Å². The number of nitrogens with zero attached hydrogens (tertiary/aromatic N) is 4. The number of hydrogen-bond donors (Lipinski definition) is 4. The maximum Gasteiger partial charge on any atom is 0.407 e. The fourth-order valence-electron chi connectivity index (χ4n) is 7.86. The number of aromatic nitrogens is 2. The molecule has 2 aromatic carbocycles.